The third kappa shape index (κ3) is 7.00. The van der Waals surface area contributed by atoms with Crippen molar-refractivity contribution >= 4 is 40.4 Å². The molecule has 5 aliphatic rings. The van der Waals surface area contributed by atoms with E-state index in [1.165, 1.54) is 51.4 Å². The predicted molar refractivity (Wildman–Crippen MR) is 229 cm³/mol. The highest BCUT2D eigenvalue weighted by atomic mass is 35.5. The van der Waals surface area contributed by atoms with Crippen molar-refractivity contribution in [2.24, 2.45) is 10.4 Å². The zero-order valence-corrected chi connectivity index (χ0v) is 35.4. The summed E-state index contributed by atoms with van der Waals surface area (Å²) >= 11 is 8.00. The molecule has 10 rings (SSSR count). The normalized spacial score (nSPS) is 22.6. The highest BCUT2D eigenvalue weighted by Crippen LogP contribution is 2.54. The monoisotopic (exact) mass is 825 g/mol. The number of aliphatic imine (C=N–C) groups is 1. The minimum atomic E-state index is -0.271. The lowest BCUT2D eigenvalue weighted by atomic mass is 9.76. The maximum Gasteiger partial charge on any atom is 0.272 e. The van der Waals surface area contributed by atoms with E-state index in [1.54, 1.807) is 24.3 Å². The lowest BCUT2D eigenvalue weighted by molar-refractivity contribution is 0.0888. The van der Waals surface area contributed by atoms with Crippen LogP contribution in [0, 0.1) is 37.5 Å². The molecule has 1 atom stereocenters. The van der Waals surface area contributed by atoms with E-state index in [4.69, 9.17) is 26.6 Å². The van der Waals surface area contributed by atoms with E-state index in [1.807, 2.05) is 17.4 Å². The first-order chi connectivity index (χ1) is 28.6. The Bertz CT molecular complexity index is 2500. The first-order valence-electron chi connectivity index (χ1n) is 21.1. The van der Waals surface area contributed by atoms with E-state index in [-0.39, 0.29) is 23.6 Å². The topological polar surface area (TPSA) is 134 Å². The Morgan fingerprint density at radius 2 is 1.69 bits per heavy atom. The van der Waals surface area contributed by atoms with Crippen LogP contribution in [0.2, 0.25) is 5.02 Å². The summed E-state index contributed by atoms with van der Waals surface area (Å²) in [6, 6.07) is 20.4. The van der Waals surface area contributed by atoms with Crippen LogP contribution >= 0.6 is 22.9 Å². The number of nitrogens with zero attached hydrogens (tertiary/aromatic N) is 8. The molecule has 1 amide bonds. The molecule has 1 N–H and O–H groups in total. The number of carbonyl (C=O) groups excluding carboxylic acids is 1. The van der Waals surface area contributed by atoms with Crippen molar-refractivity contribution in [3.05, 3.63) is 110 Å². The van der Waals surface area contributed by atoms with E-state index in [9.17, 15) is 4.79 Å². The van der Waals surface area contributed by atoms with Gasteiger partial charge in [-0.3, -0.25) is 14.4 Å². The summed E-state index contributed by atoms with van der Waals surface area (Å²) in [5.41, 5.74) is 7.10. The lowest BCUT2D eigenvalue weighted by Crippen LogP contribution is -2.40. The Hall–Kier alpha value is -5.12. The van der Waals surface area contributed by atoms with E-state index in [0.29, 0.717) is 33.4 Å². The van der Waals surface area contributed by atoms with Crippen LogP contribution in [0.25, 0.3) is 5.00 Å². The molecule has 0 radical (unpaired) electrons. The van der Waals surface area contributed by atoms with E-state index in [2.05, 4.69) is 86.3 Å². The molecular formula is C46H48ClN9O2S. The molecule has 0 bridgehead atoms. The van der Waals surface area contributed by atoms with Gasteiger partial charge in [-0.1, -0.05) is 35.9 Å². The van der Waals surface area contributed by atoms with Gasteiger partial charge in [0.25, 0.3) is 5.91 Å². The fourth-order valence-corrected chi connectivity index (χ4v) is 11.5. The molecule has 4 fully saturated rings. The Balaban J connectivity index is 0.730. The van der Waals surface area contributed by atoms with Crippen LogP contribution in [0.15, 0.2) is 59.6 Å². The van der Waals surface area contributed by atoms with Crippen LogP contribution in [0.3, 0.4) is 0 Å². The second-order valence-corrected chi connectivity index (χ2v) is 19.1. The highest BCUT2D eigenvalue weighted by molar-refractivity contribution is 7.15. The van der Waals surface area contributed by atoms with Crippen molar-refractivity contribution in [3.8, 4) is 16.8 Å². The van der Waals surface area contributed by atoms with Crippen molar-refractivity contribution in [2.75, 3.05) is 18.0 Å². The molecule has 1 saturated heterocycles. The average molecular weight is 826 g/mol. The second kappa shape index (κ2) is 14.9. The maximum atomic E-state index is 13.1. The van der Waals surface area contributed by atoms with E-state index >= 15 is 0 Å². The molecular weight excluding hydrogens is 778 g/mol. The number of ether oxygens (including phenoxy) is 1. The van der Waals surface area contributed by atoms with Gasteiger partial charge >= 0.3 is 0 Å². The third-order valence-corrected chi connectivity index (χ3v) is 15.4. The fourth-order valence-electron chi connectivity index (χ4n) is 10.1. The summed E-state index contributed by atoms with van der Waals surface area (Å²) in [5, 5.41) is 31.9. The average Bonchev–Trinajstić information content (AvgIpc) is 3.65. The standard InChI is InChI=1S/C46H48ClN9O2S/c1-27-28(2)59-43-40(27)41(50-46(18-19-46)44-54-51-29(3)56(43)44)31-6-4-30(5-7-31)32-16-17-45(25-32)20-22-55(23-21-45)39-15-14-38(52-53-39)42(57)49-34-9-12-35(13-10-34)58-36-11-8-33(26-48)37(47)24-36/h4-8,11,14-15,24,32,34-35H,9-10,12-13,16-23,25H2,1-3H3,(H,49,57). The third-order valence-electron chi connectivity index (χ3n) is 13.9. The Morgan fingerprint density at radius 3 is 2.39 bits per heavy atom. The van der Waals surface area contributed by atoms with E-state index in [0.717, 1.165) is 87.6 Å². The van der Waals surface area contributed by atoms with Gasteiger partial charge in [-0.2, -0.15) is 5.26 Å². The molecule has 3 aromatic heterocycles. The molecule has 59 heavy (non-hydrogen) atoms. The number of rotatable bonds is 7. The van der Waals surface area contributed by atoms with Crippen molar-refractivity contribution in [1.29, 1.82) is 5.26 Å². The predicted octanol–water partition coefficient (Wildman–Crippen LogP) is 9.08. The van der Waals surface area contributed by atoms with Crippen molar-refractivity contribution in [1.82, 2.24) is 30.3 Å². The number of nitrogens with one attached hydrogen (secondary N) is 1. The second-order valence-electron chi connectivity index (χ2n) is 17.5. The van der Waals surface area contributed by atoms with Gasteiger partial charge in [-0.15, -0.1) is 31.7 Å². The number of aryl methyl sites for hydroxylation is 2. The van der Waals surface area contributed by atoms with Gasteiger partial charge in [0.2, 0.25) is 0 Å². The lowest BCUT2D eigenvalue weighted by Gasteiger charge is -2.40. The van der Waals surface area contributed by atoms with Crippen LogP contribution in [0.5, 0.6) is 5.75 Å². The number of anilines is 1. The molecule has 2 aliphatic heterocycles. The molecule has 2 aromatic carbocycles. The molecule has 11 nitrogen and oxygen atoms in total. The van der Waals surface area contributed by atoms with Crippen LogP contribution in [-0.4, -0.2) is 61.8 Å². The molecule has 13 heteroatoms. The number of nitriles is 1. The van der Waals surface area contributed by atoms with Gasteiger partial charge in [-0.25, -0.2) is 0 Å². The summed E-state index contributed by atoms with van der Waals surface area (Å²) in [4.78, 5) is 22.3. The van der Waals surface area contributed by atoms with Crippen molar-refractivity contribution in [2.45, 2.75) is 115 Å². The van der Waals surface area contributed by atoms with Crippen LogP contribution < -0.4 is 15.0 Å². The number of thiophene rings is 1. The van der Waals surface area contributed by atoms with Crippen molar-refractivity contribution < 1.29 is 9.53 Å². The number of benzene rings is 2. The number of halogens is 1. The summed E-state index contributed by atoms with van der Waals surface area (Å²) in [6.07, 6.45) is 11.3. The molecule has 302 valence electrons. The summed E-state index contributed by atoms with van der Waals surface area (Å²) in [5.74, 6) is 3.79. The molecule has 2 spiro atoms. The molecule has 3 saturated carbocycles. The van der Waals surface area contributed by atoms with Gasteiger partial charge in [0.05, 0.1) is 22.4 Å². The largest absolute Gasteiger partial charge is 0.490 e. The summed E-state index contributed by atoms with van der Waals surface area (Å²) < 4.78 is 8.38. The molecule has 3 aliphatic carbocycles. The van der Waals surface area contributed by atoms with E-state index < -0.39 is 0 Å². The summed E-state index contributed by atoms with van der Waals surface area (Å²) in [7, 11) is 0. The zero-order valence-electron chi connectivity index (χ0n) is 33.8. The van der Waals surface area contributed by atoms with Gasteiger partial charge in [0.1, 0.15) is 28.2 Å². The number of fused-ring (bicyclic) bond motifs is 4. The van der Waals surface area contributed by atoms with Crippen LogP contribution in [0.1, 0.15) is 131 Å². The Kier molecular flexibility index (Phi) is 9.59. The van der Waals surface area contributed by atoms with Gasteiger partial charge < -0.3 is 15.0 Å². The highest BCUT2D eigenvalue weighted by Gasteiger charge is 2.51. The Morgan fingerprint density at radius 1 is 0.915 bits per heavy atom. The number of amides is 1. The number of piperidine rings is 1. The zero-order chi connectivity index (χ0) is 40.5. The maximum absolute atomic E-state index is 13.1. The SMILES string of the molecule is Cc1sc2c(c1C)C(c1ccc(C3CCC4(CCN(c5ccc(C(=O)NC6CCC(Oc7ccc(C#N)c(Cl)c7)CC6)nn5)CC4)C3)cc1)=NC1(CC1)c1nnc(C)n1-2. The minimum absolute atomic E-state index is 0.0409. The summed E-state index contributed by atoms with van der Waals surface area (Å²) in [6.45, 7) is 8.38. The van der Waals surface area contributed by atoms with Crippen LogP contribution in [0.4, 0.5) is 5.82 Å². The molecule has 5 aromatic rings. The van der Waals surface area contributed by atoms with Gasteiger partial charge in [0.15, 0.2) is 17.3 Å². The number of hydrogen-bond donors (Lipinski definition) is 1. The number of aromatic nitrogens is 5. The molecule has 5 heterocycles. The van der Waals surface area contributed by atoms with Crippen molar-refractivity contribution in [3.63, 3.8) is 0 Å². The molecule has 1 unspecified atom stereocenters. The first-order valence-corrected chi connectivity index (χ1v) is 22.3. The van der Waals surface area contributed by atoms with Gasteiger partial charge in [0, 0.05) is 41.2 Å². The fraction of sp³-hybridized carbons (Fsp3) is 0.457. The first kappa shape index (κ1) is 38.1. The van der Waals surface area contributed by atoms with Gasteiger partial charge in [-0.05, 0) is 138 Å². The minimum Gasteiger partial charge on any atom is -0.490 e. The Labute approximate surface area is 353 Å². The smallest absolute Gasteiger partial charge is 0.272 e. The van der Waals surface area contributed by atoms with Crippen LogP contribution in [-0.2, 0) is 5.54 Å². The quantitative estimate of drug-likeness (QED) is 0.172. The number of hydrogen-bond acceptors (Lipinski definition) is 10. The number of carbonyl (C=O) groups is 1.